The Bertz CT molecular complexity index is 470. The van der Waals surface area contributed by atoms with Gasteiger partial charge in [-0.25, -0.2) is 0 Å². The van der Waals surface area contributed by atoms with E-state index in [1.807, 2.05) is 39.0 Å². The van der Waals surface area contributed by atoms with Crippen molar-refractivity contribution >= 4 is 14.8 Å². The van der Waals surface area contributed by atoms with Crippen LogP contribution in [0.2, 0.25) is 0 Å². The summed E-state index contributed by atoms with van der Waals surface area (Å²) in [5.74, 6) is 0. The van der Waals surface area contributed by atoms with E-state index in [4.69, 9.17) is 5.41 Å². The summed E-state index contributed by atoms with van der Waals surface area (Å²) in [6, 6.07) is 0.330. The lowest BCUT2D eigenvalue weighted by atomic mass is 10.1. The zero-order valence-corrected chi connectivity index (χ0v) is 18.3. The third-order valence-electron chi connectivity index (χ3n) is 3.53. The van der Waals surface area contributed by atoms with Gasteiger partial charge in [0, 0.05) is 18.0 Å². The van der Waals surface area contributed by atoms with E-state index in [0.29, 0.717) is 18.2 Å². The van der Waals surface area contributed by atoms with Gasteiger partial charge in [0.1, 0.15) is 0 Å². The molecule has 25 heavy (non-hydrogen) atoms. The molecule has 2 nitrogen and oxygen atoms in total. The molecule has 0 bridgehead atoms. The fourth-order valence-electron chi connectivity index (χ4n) is 2.10. The van der Waals surface area contributed by atoms with Crippen LogP contribution in [0, 0.1) is 5.41 Å². The van der Waals surface area contributed by atoms with Gasteiger partial charge < -0.3 is 10.3 Å². The van der Waals surface area contributed by atoms with Crippen LogP contribution >= 0.6 is 8.58 Å². The number of hydrogen-bond donors (Lipinski definition) is 1. The number of allylic oxidation sites excluding steroid dienone is 7. The molecule has 0 aromatic carbocycles. The predicted octanol–water partition coefficient (Wildman–Crippen LogP) is 6.59. The van der Waals surface area contributed by atoms with Crippen molar-refractivity contribution in [3.05, 3.63) is 60.4 Å². The van der Waals surface area contributed by atoms with Gasteiger partial charge in [-0.1, -0.05) is 69.9 Å². The van der Waals surface area contributed by atoms with Crippen molar-refractivity contribution in [2.45, 2.75) is 59.7 Å². The summed E-state index contributed by atoms with van der Waals surface area (Å²) in [4.78, 5) is 2.24. The maximum atomic E-state index is 7.48. The molecule has 3 heteroatoms. The molecule has 2 unspecified atom stereocenters. The summed E-state index contributed by atoms with van der Waals surface area (Å²) in [5.41, 5.74) is 2.89. The van der Waals surface area contributed by atoms with Crippen molar-refractivity contribution < 1.29 is 0 Å². The van der Waals surface area contributed by atoms with E-state index >= 15 is 0 Å². The summed E-state index contributed by atoms with van der Waals surface area (Å²) in [5, 5.41) is 7.48. The molecule has 0 aliphatic heterocycles. The van der Waals surface area contributed by atoms with Crippen molar-refractivity contribution in [1.82, 2.24) is 4.90 Å². The average Bonchev–Trinajstić information content (AvgIpc) is 2.63. The lowest BCUT2D eigenvalue weighted by molar-refractivity contribution is 0.329. The Balaban J connectivity index is 0. The van der Waals surface area contributed by atoms with Crippen LogP contribution < -0.4 is 0 Å². The van der Waals surface area contributed by atoms with Gasteiger partial charge in [-0.3, -0.25) is 0 Å². The highest BCUT2D eigenvalue weighted by atomic mass is 31.1. The van der Waals surface area contributed by atoms with Gasteiger partial charge in [0.15, 0.2) is 0 Å². The molecule has 0 radical (unpaired) electrons. The van der Waals surface area contributed by atoms with Crippen LogP contribution in [-0.2, 0) is 0 Å². The molecular formula is C22H39N2P. The molecule has 2 atom stereocenters. The van der Waals surface area contributed by atoms with Gasteiger partial charge in [-0.15, -0.1) is 8.58 Å². The first-order valence-corrected chi connectivity index (χ1v) is 10.8. The summed E-state index contributed by atoms with van der Waals surface area (Å²) in [7, 11) is 0.940. The Hall–Kier alpha value is -1.40. The molecule has 0 fully saturated rings. The predicted molar refractivity (Wildman–Crippen MR) is 121 cm³/mol. The van der Waals surface area contributed by atoms with Crippen LogP contribution in [0.25, 0.3) is 0 Å². The van der Waals surface area contributed by atoms with Crippen molar-refractivity contribution in [2.24, 2.45) is 0 Å². The maximum absolute atomic E-state index is 7.48. The van der Waals surface area contributed by atoms with Crippen LogP contribution in [0.1, 0.15) is 48.0 Å². The minimum atomic E-state index is 0.330. The number of nitrogens with one attached hydrogen (secondary N) is 1. The molecule has 0 aromatic rings. The zero-order chi connectivity index (χ0) is 19.7. The lowest BCUT2D eigenvalue weighted by Crippen LogP contribution is -2.32. The molecule has 0 spiro atoms. The van der Waals surface area contributed by atoms with Crippen LogP contribution in [0.15, 0.2) is 60.4 Å². The third-order valence-corrected chi connectivity index (χ3v) is 4.64. The van der Waals surface area contributed by atoms with Crippen LogP contribution in [0.5, 0.6) is 0 Å². The van der Waals surface area contributed by atoms with E-state index in [0.717, 1.165) is 26.3 Å². The highest BCUT2D eigenvalue weighted by Crippen LogP contribution is 2.21. The van der Waals surface area contributed by atoms with Crippen molar-refractivity contribution in [2.75, 3.05) is 13.2 Å². The Morgan fingerprint density at radius 1 is 1.24 bits per heavy atom. The van der Waals surface area contributed by atoms with Crippen molar-refractivity contribution in [3.8, 4) is 0 Å². The smallest absolute Gasteiger partial charge is 0.0528 e. The van der Waals surface area contributed by atoms with E-state index in [1.165, 1.54) is 6.21 Å². The van der Waals surface area contributed by atoms with Gasteiger partial charge in [-0.05, 0) is 45.1 Å². The van der Waals surface area contributed by atoms with E-state index < -0.39 is 0 Å². The van der Waals surface area contributed by atoms with Crippen LogP contribution in [-0.4, -0.2) is 36.0 Å². The average molecular weight is 363 g/mol. The molecule has 142 valence electrons. The fraction of sp³-hybridized carbons (Fsp3) is 0.500. The molecule has 0 aliphatic rings. The quantitative estimate of drug-likeness (QED) is 0.191. The van der Waals surface area contributed by atoms with Gasteiger partial charge in [0.2, 0.25) is 0 Å². The van der Waals surface area contributed by atoms with E-state index in [2.05, 4.69) is 63.2 Å². The Labute approximate surface area is 158 Å². The SMILES string of the molecule is C=CC(=C\C=C/C)/C(=C/C/C=C\C(C)PC)N(CC=N)C(C)C.CC. The van der Waals surface area contributed by atoms with Crippen LogP contribution in [0.4, 0.5) is 0 Å². The highest BCUT2D eigenvalue weighted by molar-refractivity contribution is 7.38. The minimum Gasteiger partial charge on any atom is -0.364 e. The van der Waals surface area contributed by atoms with Gasteiger partial charge in [0.25, 0.3) is 0 Å². The molecule has 0 aliphatic carbocycles. The highest BCUT2D eigenvalue weighted by Gasteiger charge is 2.14. The standard InChI is InChI=1S/C20H33N2P.C2H6/c1-7-9-13-19(8-2)20(22(16-15-21)17(3)4)14-11-10-12-18(5)23-6;1-2/h7-10,12-15,17-18,21,23H,2,11,16H2,1,3-6H3;1-2H3/b9-7-,12-10-,19-13+,20-14-,21-15?;. The number of hydrogen-bond acceptors (Lipinski definition) is 2. The Kier molecular flexibility index (Phi) is 18.0. The summed E-state index contributed by atoms with van der Waals surface area (Å²) < 4.78 is 0. The first-order valence-electron chi connectivity index (χ1n) is 9.27. The second kappa shape index (κ2) is 17.4. The summed E-state index contributed by atoms with van der Waals surface area (Å²) in [6.07, 6.45) is 17.1. The van der Waals surface area contributed by atoms with Crippen molar-refractivity contribution in [3.63, 3.8) is 0 Å². The minimum absolute atomic E-state index is 0.330. The number of rotatable bonds is 11. The maximum Gasteiger partial charge on any atom is 0.0528 e. The van der Waals surface area contributed by atoms with E-state index in [-0.39, 0.29) is 0 Å². The third kappa shape index (κ3) is 11.7. The second-order valence-corrected chi connectivity index (χ2v) is 7.12. The molecular weight excluding hydrogens is 323 g/mol. The molecule has 0 aromatic heterocycles. The molecule has 0 amide bonds. The van der Waals surface area contributed by atoms with Gasteiger partial charge in [0.05, 0.1) is 6.54 Å². The monoisotopic (exact) mass is 362 g/mol. The fourth-order valence-corrected chi connectivity index (χ4v) is 2.43. The Morgan fingerprint density at radius 3 is 2.32 bits per heavy atom. The number of nitrogens with zero attached hydrogens (tertiary/aromatic N) is 1. The molecule has 1 N–H and O–H groups in total. The summed E-state index contributed by atoms with van der Waals surface area (Å²) >= 11 is 0. The Morgan fingerprint density at radius 2 is 1.88 bits per heavy atom. The lowest BCUT2D eigenvalue weighted by Gasteiger charge is -2.31. The second-order valence-electron chi connectivity index (χ2n) is 5.63. The molecule has 0 saturated heterocycles. The summed E-state index contributed by atoms with van der Waals surface area (Å²) in [6.45, 7) is 19.4. The zero-order valence-electron chi connectivity index (χ0n) is 17.3. The van der Waals surface area contributed by atoms with Crippen LogP contribution in [0.3, 0.4) is 0 Å². The molecule has 0 saturated carbocycles. The topological polar surface area (TPSA) is 27.1 Å². The largest absolute Gasteiger partial charge is 0.364 e. The van der Waals surface area contributed by atoms with Gasteiger partial charge >= 0.3 is 0 Å². The molecule has 0 rings (SSSR count). The first-order chi connectivity index (χ1) is 12.0. The normalized spacial score (nSPS) is 14.2. The van der Waals surface area contributed by atoms with Crippen molar-refractivity contribution in [1.29, 1.82) is 5.41 Å². The molecule has 0 heterocycles. The van der Waals surface area contributed by atoms with E-state index in [1.54, 1.807) is 0 Å². The van der Waals surface area contributed by atoms with Gasteiger partial charge in [-0.2, -0.15) is 0 Å². The van der Waals surface area contributed by atoms with E-state index in [9.17, 15) is 0 Å². The first kappa shape index (κ1) is 25.8.